The normalized spacial score (nSPS) is 30.6. The van der Waals surface area contributed by atoms with Gasteiger partial charge in [0, 0.05) is 12.6 Å². The lowest BCUT2D eigenvalue weighted by molar-refractivity contribution is 0.177. The van der Waals surface area contributed by atoms with Crippen LogP contribution < -0.4 is 5.19 Å². The molecule has 1 saturated carbocycles. The first-order valence-electron chi connectivity index (χ1n) is 10.1. The van der Waals surface area contributed by atoms with Crippen LogP contribution in [0.3, 0.4) is 0 Å². The molecule has 1 aromatic carbocycles. The van der Waals surface area contributed by atoms with E-state index in [1.807, 2.05) is 5.57 Å². The molecule has 2 aliphatic heterocycles. The number of nitrogens with zero attached hydrogens (tertiary/aromatic N) is 1. The van der Waals surface area contributed by atoms with Crippen LogP contribution in [-0.2, 0) is 0 Å². The zero-order valence-corrected chi connectivity index (χ0v) is 15.9. The van der Waals surface area contributed by atoms with Gasteiger partial charge in [-0.3, -0.25) is 4.90 Å². The molecule has 24 heavy (non-hydrogen) atoms. The van der Waals surface area contributed by atoms with E-state index in [0.29, 0.717) is 0 Å². The second kappa shape index (κ2) is 8.01. The predicted octanol–water partition coefficient (Wildman–Crippen LogP) is 4.43. The molecule has 1 nitrogen and oxygen atoms in total. The van der Waals surface area contributed by atoms with Gasteiger partial charge in [0.2, 0.25) is 0 Å². The van der Waals surface area contributed by atoms with Gasteiger partial charge >= 0.3 is 0 Å². The van der Waals surface area contributed by atoms with E-state index >= 15 is 0 Å². The van der Waals surface area contributed by atoms with Crippen LogP contribution in [0.25, 0.3) is 0 Å². The first-order valence-corrected chi connectivity index (χ1v) is 11.3. The monoisotopic (exact) mass is 337 g/mol. The highest BCUT2D eigenvalue weighted by Crippen LogP contribution is 2.39. The lowest BCUT2D eigenvalue weighted by Crippen LogP contribution is -2.37. The standard InChI is InChI=1S/C22H31NSi/c1-3-9-18(10-4-1)15-19-16-23-14-8-7-13-22(23)21(19)17-24-20-11-5-2-6-12-20/h2,5-6,11-12,15,18,21-22H,1,3-4,7-10,13-14,16-17H2/b19-15-/t21-,22+/m1/s1. The van der Waals surface area contributed by atoms with E-state index in [1.54, 1.807) is 5.19 Å². The van der Waals surface area contributed by atoms with Gasteiger partial charge in [-0.15, -0.1) is 0 Å². The molecule has 2 atom stereocenters. The molecule has 0 N–H and O–H groups in total. The summed E-state index contributed by atoms with van der Waals surface area (Å²) in [5.74, 6) is 1.73. The quantitative estimate of drug-likeness (QED) is 0.580. The van der Waals surface area contributed by atoms with Crippen molar-refractivity contribution in [1.29, 1.82) is 0 Å². The summed E-state index contributed by atoms with van der Waals surface area (Å²) >= 11 is 0. The molecule has 0 spiro atoms. The van der Waals surface area contributed by atoms with E-state index in [4.69, 9.17) is 0 Å². The van der Waals surface area contributed by atoms with Gasteiger partial charge in [0.25, 0.3) is 0 Å². The minimum Gasteiger partial charge on any atom is -0.296 e. The minimum atomic E-state index is 0.839. The Morgan fingerprint density at radius 1 is 0.958 bits per heavy atom. The zero-order valence-electron chi connectivity index (χ0n) is 14.9. The number of hydrogen-bond acceptors (Lipinski definition) is 1. The third-order valence-corrected chi connectivity index (χ3v) is 7.78. The Kier molecular flexibility index (Phi) is 5.54. The Morgan fingerprint density at radius 3 is 2.58 bits per heavy atom. The van der Waals surface area contributed by atoms with Gasteiger partial charge in [-0.25, -0.2) is 0 Å². The minimum absolute atomic E-state index is 0.839. The van der Waals surface area contributed by atoms with Crippen LogP contribution in [0.2, 0.25) is 6.04 Å². The summed E-state index contributed by atoms with van der Waals surface area (Å²) in [6.45, 7) is 2.63. The molecule has 3 aliphatic rings. The van der Waals surface area contributed by atoms with E-state index in [2.05, 4.69) is 41.3 Å². The van der Waals surface area contributed by atoms with Crippen molar-refractivity contribution in [1.82, 2.24) is 4.90 Å². The topological polar surface area (TPSA) is 3.24 Å². The molecule has 3 fully saturated rings. The summed E-state index contributed by atoms with van der Waals surface area (Å²) < 4.78 is 0. The summed E-state index contributed by atoms with van der Waals surface area (Å²) in [6.07, 6.45) is 14.3. The fourth-order valence-corrected chi connectivity index (χ4v) is 6.52. The SMILES string of the molecule is C(=C1\CN2CCCC[C@H]2[C@@H]1C[Si]c1ccccc1)/C1CCCCC1. The van der Waals surface area contributed by atoms with Crippen LogP contribution in [0.15, 0.2) is 42.0 Å². The molecule has 2 heterocycles. The van der Waals surface area contributed by atoms with Crippen LogP contribution in [0.1, 0.15) is 51.4 Å². The lowest BCUT2D eigenvalue weighted by Gasteiger charge is -2.32. The van der Waals surface area contributed by atoms with Crippen molar-refractivity contribution >= 4 is 14.7 Å². The summed E-state index contributed by atoms with van der Waals surface area (Å²) in [7, 11) is 0.973. The number of piperidine rings is 1. The van der Waals surface area contributed by atoms with Crippen LogP contribution in [-0.4, -0.2) is 33.6 Å². The van der Waals surface area contributed by atoms with E-state index in [9.17, 15) is 0 Å². The maximum atomic E-state index is 2.82. The van der Waals surface area contributed by atoms with Gasteiger partial charge in [-0.05, 0) is 50.1 Å². The molecule has 0 aromatic heterocycles. The number of rotatable bonds is 4. The Hall–Kier alpha value is -0.863. The van der Waals surface area contributed by atoms with Crippen LogP contribution in [0, 0.1) is 11.8 Å². The molecule has 1 aromatic rings. The maximum Gasteiger partial charge on any atom is 0.0814 e. The zero-order chi connectivity index (χ0) is 16.2. The third kappa shape index (κ3) is 3.86. The molecule has 128 valence electrons. The molecule has 0 amide bonds. The summed E-state index contributed by atoms with van der Waals surface area (Å²) in [6, 6.07) is 13.4. The van der Waals surface area contributed by atoms with Crippen molar-refractivity contribution in [3.05, 3.63) is 42.0 Å². The van der Waals surface area contributed by atoms with Gasteiger partial charge in [0.05, 0.1) is 9.52 Å². The first kappa shape index (κ1) is 16.6. The van der Waals surface area contributed by atoms with Crippen LogP contribution in [0.5, 0.6) is 0 Å². The average Bonchev–Trinajstić information content (AvgIpc) is 2.99. The molecular weight excluding hydrogens is 306 g/mol. The molecule has 0 bridgehead atoms. The van der Waals surface area contributed by atoms with Gasteiger partial charge in [0.1, 0.15) is 0 Å². The fraction of sp³-hybridized carbons (Fsp3) is 0.636. The van der Waals surface area contributed by atoms with Crippen molar-refractivity contribution in [3.63, 3.8) is 0 Å². The Balaban J connectivity index is 1.48. The highest BCUT2D eigenvalue weighted by atomic mass is 28.2. The summed E-state index contributed by atoms with van der Waals surface area (Å²) in [5.41, 5.74) is 1.82. The van der Waals surface area contributed by atoms with Crippen molar-refractivity contribution in [2.45, 2.75) is 63.5 Å². The highest BCUT2D eigenvalue weighted by molar-refractivity contribution is 6.53. The first-order chi connectivity index (χ1) is 11.9. The molecule has 0 unspecified atom stereocenters. The Bertz CT molecular complexity index is 546. The molecule has 2 heteroatoms. The summed E-state index contributed by atoms with van der Waals surface area (Å²) in [4.78, 5) is 2.82. The predicted molar refractivity (Wildman–Crippen MR) is 104 cm³/mol. The van der Waals surface area contributed by atoms with E-state index < -0.39 is 0 Å². The highest BCUT2D eigenvalue weighted by Gasteiger charge is 2.38. The Labute approximate surface area is 150 Å². The van der Waals surface area contributed by atoms with Gasteiger partial charge < -0.3 is 0 Å². The van der Waals surface area contributed by atoms with E-state index in [1.165, 1.54) is 70.5 Å². The second-order valence-electron chi connectivity index (χ2n) is 8.03. The van der Waals surface area contributed by atoms with E-state index in [-0.39, 0.29) is 0 Å². The molecular formula is C22H31NSi. The molecule has 1 aliphatic carbocycles. The number of allylic oxidation sites excluding steroid dienone is 1. The molecule has 2 saturated heterocycles. The van der Waals surface area contributed by atoms with Crippen LogP contribution in [0.4, 0.5) is 0 Å². The number of hydrogen-bond donors (Lipinski definition) is 0. The smallest absolute Gasteiger partial charge is 0.0814 e. The second-order valence-corrected chi connectivity index (χ2v) is 9.37. The average molecular weight is 338 g/mol. The number of benzene rings is 1. The van der Waals surface area contributed by atoms with E-state index in [0.717, 1.165) is 27.4 Å². The van der Waals surface area contributed by atoms with Gasteiger partial charge in [-0.1, -0.05) is 72.9 Å². The van der Waals surface area contributed by atoms with Crippen molar-refractivity contribution in [2.75, 3.05) is 13.1 Å². The molecule has 4 rings (SSSR count). The van der Waals surface area contributed by atoms with Crippen molar-refractivity contribution in [3.8, 4) is 0 Å². The number of fused-ring (bicyclic) bond motifs is 1. The third-order valence-electron chi connectivity index (χ3n) is 6.39. The Morgan fingerprint density at radius 2 is 1.75 bits per heavy atom. The van der Waals surface area contributed by atoms with Gasteiger partial charge in [-0.2, -0.15) is 0 Å². The maximum absolute atomic E-state index is 2.82. The fourth-order valence-electron chi connectivity index (χ4n) is 5.10. The summed E-state index contributed by atoms with van der Waals surface area (Å²) in [5, 5.41) is 1.55. The molecule has 2 radical (unpaired) electrons. The van der Waals surface area contributed by atoms with Crippen LogP contribution >= 0.6 is 0 Å². The van der Waals surface area contributed by atoms with Crippen molar-refractivity contribution < 1.29 is 0 Å². The lowest BCUT2D eigenvalue weighted by atomic mass is 9.85. The van der Waals surface area contributed by atoms with Crippen molar-refractivity contribution in [2.24, 2.45) is 11.8 Å². The van der Waals surface area contributed by atoms with Gasteiger partial charge in [0.15, 0.2) is 0 Å². The largest absolute Gasteiger partial charge is 0.296 e.